The second-order valence-corrected chi connectivity index (χ2v) is 13.7. The number of aryl methyl sites for hydroxylation is 1. The highest BCUT2D eigenvalue weighted by atomic mass is 16.3. The predicted octanol–water partition coefficient (Wildman–Crippen LogP) is 13.6. The molecule has 0 saturated carbocycles. The molecule has 0 aliphatic heterocycles. The van der Waals surface area contributed by atoms with Crippen molar-refractivity contribution in [2.24, 2.45) is 0 Å². The Balaban J connectivity index is 1.13. The highest BCUT2D eigenvalue weighted by Gasteiger charge is 2.19. The molecule has 250 valence electrons. The van der Waals surface area contributed by atoms with Gasteiger partial charge in [-0.25, -0.2) is 4.98 Å². The molecule has 0 radical (unpaired) electrons. The molecular weight excluding hydrogens is 645 g/mol. The third kappa shape index (κ3) is 5.42. The molecule has 0 saturated heterocycles. The topological polar surface area (TPSA) is 31.0 Å². The van der Waals surface area contributed by atoms with Crippen LogP contribution in [-0.2, 0) is 0 Å². The second kappa shape index (κ2) is 12.7. The Hall–Kier alpha value is -6.97. The first-order valence-electron chi connectivity index (χ1n) is 18.0. The van der Waals surface area contributed by atoms with Crippen LogP contribution in [0.2, 0.25) is 0 Å². The molecule has 53 heavy (non-hydrogen) atoms. The quantitative estimate of drug-likeness (QED) is 0.175. The first-order valence-corrected chi connectivity index (χ1v) is 18.0. The number of benzene rings is 8. The lowest BCUT2D eigenvalue weighted by molar-refractivity contribution is 0.619. The summed E-state index contributed by atoms with van der Waals surface area (Å²) in [6, 6.07) is 66.7. The van der Waals surface area contributed by atoms with E-state index in [0.29, 0.717) is 5.89 Å². The largest absolute Gasteiger partial charge is 0.436 e. The van der Waals surface area contributed by atoms with Crippen LogP contribution in [0.25, 0.3) is 94.6 Å². The summed E-state index contributed by atoms with van der Waals surface area (Å²) in [5, 5.41) is 2.50. The lowest BCUT2D eigenvalue weighted by Crippen LogP contribution is -1.95. The predicted molar refractivity (Wildman–Crippen MR) is 220 cm³/mol. The summed E-state index contributed by atoms with van der Waals surface area (Å²) < 4.78 is 9.09. The average Bonchev–Trinajstić information content (AvgIpc) is 3.81. The van der Waals surface area contributed by atoms with Crippen molar-refractivity contribution in [2.75, 3.05) is 0 Å². The molecule has 8 aromatic carbocycles. The van der Waals surface area contributed by atoms with Gasteiger partial charge in [0.05, 0.1) is 11.0 Å². The zero-order valence-electron chi connectivity index (χ0n) is 29.2. The third-order valence-electron chi connectivity index (χ3n) is 10.4. The van der Waals surface area contributed by atoms with E-state index in [-0.39, 0.29) is 0 Å². The maximum absolute atomic E-state index is 6.74. The second-order valence-electron chi connectivity index (χ2n) is 13.7. The Bertz CT molecular complexity index is 2900. The molecule has 0 atom stereocenters. The van der Waals surface area contributed by atoms with Crippen LogP contribution in [0.1, 0.15) is 5.56 Å². The molecule has 2 aromatic heterocycles. The van der Waals surface area contributed by atoms with Crippen molar-refractivity contribution < 1.29 is 4.42 Å². The first-order chi connectivity index (χ1) is 26.2. The van der Waals surface area contributed by atoms with Gasteiger partial charge in [-0.2, -0.15) is 0 Å². The average molecular weight is 679 g/mol. The number of nitrogens with zero attached hydrogens (tertiary/aromatic N) is 2. The number of fused-ring (bicyclic) bond motifs is 4. The van der Waals surface area contributed by atoms with Crippen LogP contribution in [-0.4, -0.2) is 9.55 Å². The van der Waals surface area contributed by atoms with Gasteiger partial charge >= 0.3 is 0 Å². The summed E-state index contributed by atoms with van der Waals surface area (Å²) in [5.74, 6) is 0.613. The molecule has 2 heterocycles. The van der Waals surface area contributed by atoms with Crippen molar-refractivity contribution in [3.8, 4) is 61.6 Å². The summed E-state index contributed by atoms with van der Waals surface area (Å²) in [5.41, 5.74) is 16.2. The van der Waals surface area contributed by atoms with Gasteiger partial charge < -0.3 is 8.98 Å². The zero-order valence-corrected chi connectivity index (χ0v) is 29.2. The van der Waals surface area contributed by atoms with E-state index in [1.54, 1.807) is 0 Å². The van der Waals surface area contributed by atoms with E-state index in [0.717, 1.165) is 55.7 Å². The number of hydrogen-bond acceptors (Lipinski definition) is 2. The molecule has 0 unspecified atom stereocenters. The van der Waals surface area contributed by atoms with Gasteiger partial charge in [0.1, 0.15) is 5.52 Å². The summed E-state index contributed by atoms with van der Waals surface area (Å²) in [4.78, 5) is 5.24. The molecular formula is C50H34N2O. The molecule has 0 fully saturated rings. The van der Waals surface area contributed by atoms with Gasteiger partial charge in [0, 0.05) is 27.6 Å². The minimum atomic E-state index is 0.613. The fourth-order valence-electron chi connectivity index (χ4n) is 7.76. The van der Waals surface area contributed by atoms with Crippen LogP contribution in [0, 0.1) is 6.92 Å². The van der Waals surface area contributed by atoms with Gasteiger partial charge in [-0.05, 0) is 106 Å². The Morgan fingerprint density at radius 2 is 0.943 bits per heavy atom. The van der Waals surface area contributed by atoms with E-state index in [9.17, 15) is 0 Å². The maximum atomic E-state index is 6.74. The number of aromatic nitrogens is 2. The minimum Gasteiger partial charge on any atom is -0.436 e. The standard InChI is InChI=1S/C50H34N2O/c1-33-28-41(52-46-24-10-8-22-43(46)44-23-9-11-25-47(44)52)26-27-42(33)50-51-49-45(39-21-13-19-37(30-39)35-16-6-3-7-17-35)31-40(32-48(49)53-50)38-20-12-18-36(29-38)34-14-4-2-5-15-34/h2-32H,1H3. The highest BCUT2D eigenvalue weighted by Crippen LogP contribution is 2.40. The highest BCUT2D eigenvalue weighted by molar-refractivity contribution is 6.09. The van der Waals surface area contributed by atoms with Gasteiger partial charge in [0.2, 0.25) is 5.89 Å². The van der Waals surface area contributed by atoms with E-state index in [1.807, 2.05) is 0 Å². The van der Waals surface area contributed by atoms with Crippen molar-refractivity contribution in [1.82, 2.24) is 9.55 Å². The molecule has 0 bridgehead atoms. The van der Waals surface area contributed by atoms with Crippen LogP contribution in [0.3, 0.4) is 0 Å². The fourth-order valence-corrected chi connectivity index (χ4v) is 7.76. The first kappa shape index (κ1) is 30.8. The van der Waals surface area contributed by atoms with Crippen LogP contribution in [0.4, 0.5) is 0 Å². The van der Waals surface area contributed by atoms with Gasteiger partial charge in [-0.1, -0.05) is 133 Å². The summed E-state index contributed by atoms with van der Waals surface area (Å²) in [6.45, 7) is 2.15. The Labute approximate surface area is 308 Å². The van der Waals surface area contributed by atoms with Gasteiger partial charge in [-0.15, -0.1) is 0 Å². The number of rotatable bonds is 6. The van der Waals surface area contributed by atoms with Crippen LogP contribution in [0.5, 0.6) is 0 Å². The van der Waals surface area contributed by atoms with E-state index in [1.165, 1.54) is 38.5 Å². The lowest BCUT2D eigenvalue weighted by atomic mass is 9.94. The van der Waals surface area contributed by atoms with Gasteiger partial charge in [0.25, 0.3) is 0 Å². The molecule has 10 rings (SSSR count). The van der Waals surface area contributed by atoms with Gasteiger partial charge in [-0.3, -0.25) is 0 Å². The smallest absolute Gasteiger partial charge is 0.227 e. The van der Waals surface area contributed by atoms with Crippen molar-refractivity contribution in [1.29, 1.82) is 0 Å². The lowest BCUT2D eigenvalue weighted by Gasteiger charge is -2.10. The normalized spacial score (nSPS) is 11.5. The minimum absolute atomic E-state index is 0.613. The van der Waals surface area contributed by atoms with Crippen molar-refractivity contribution in [3.63, 3.8) is 0 Å². The number of oxazole rings is 1. The summed E-state index contributed by atoms with van der Waals surface area (Å²) in [7, 11) is 0. The SMILES string of the molecule is Cc1cc(-n2c3ccccc3c3ccccc32)ccc1-c1nc2c(-c3cccc(-c4ccccc4)c3)cc(-c3cccc(-c4ccccc4)c3)cc2o1. The molecule has 0 aliphatic rings. The monoisotopic (exact) mass is 678 g/mol. The van der Waals surface area contributed by atoms with Crippen LogP contribution < -0.4 is 0 Å². The van der Waals surface area contributed by atoms with E-state index in [4.69, 9.17) is 9.40 Å². The molecule has 0 aliphatic carbocycles. The van der Waals surface area contributed by atoms with Gasteiger partial charge in [0.15, 0.2) is 5.58 Å². The van der Waals surface area contributed by atoms with Crippen LogP contribution in [0.15, 0.2) is 192 Å². The number of hydrogen-bond donors (Lipinski definition) is 0. The molecule has 3 heteroatoms. The Morgan fingerprint density at radius 3 is 1.57 bits per heavy atom. The van der Waals surface area contributed by atoms with Crippen molar-refractivity contribution >= 4 is 32.9 Å². The molecule has 0 amide bonds. The van der Waals surface area contributed by atoms with E-state index >= 15 is 0 Å². The molecule has 0 N–H and O–H groups in total. The Kier molecular flexibility index (Phi) is 7.36. The summed E-state index contributed by atoms with van der Waals surface area (Å²) in [6.07, 6.45) is 0. The van der Waals surface area contributed by atoms with Crippen LogP contribution >= 0.6 is 0 Å². The van der Waals surface area contributed by atoms with E-state index in [2.05, 4.69) is 200 Å². The fraction of sp³-hybridized carbons (Fsp3) is 0.0200. The maximum Gasteiger partial charge on any atom is 0.227 e. The van der Waals surface area contributed by atoms with Crippen molar-refractivity contribution in [3.05, 3.63) is 194 Å². The molecule has 10 aromatic rings. The Morgan fingerprint density at radius 1 is 0.415 bits per heavy atom. The molecule has 3 nitrogen and oxygen atoms in total. The summed E-state index contributed by atoms with van der Waals surface area (Å²) >= 11 is 0. The zero-order chi connectivity index (χ0) is 35.3. The van der Waals surface area contributed by atoms with E-state index < -0.39 is 0 Å². The number of para-hydroxylation sites is 2. The molecule has 0 spiro atoms. The third-order valence-corrected chi connectivity index (χ3v) is 10.4. The van der Waals surface area contributed by atoms with Crippen molar-refractivity contribution in [2.45, 2.75) is 6.92 Å².